The molecule has 1 fully saturated rings. The molecule has 0 aliphatic carbocycles. The zero-order chi connectivity index (χ0) is 18.8. The first-order valence-electron chi connectivity index (χ1n) is 9.06. The molecular weight excluding hydrogens is 380 g/mol. The van der Waals surface area contributed by atoms with Crippen LogP contribution >= 0.6 is 23.4 Å². The monoisotopic (exact) mass is 401 g/mol. The quantitative estimate of drug-likeness (QED) is 0.502. The van der Waals surface area contributed by atoms with Crippen LogP contribution in [0.4, 0.5) is 11.4 Å². The van der Waals surface area contributed by atoms with E-state index in [1.165, 1.54) is 11.8 Å². The van der Waals surface area contributed by atoms with Crippen LogP contribution in [0.1, 0.15) is 12.8 Å². The maximum absolute atomic E-state index is 12.6. The molecule has 27 heavy (non-hydrogen) atoms. The third-order valence-electron chi connectivity index (χ3n) is 4.83. The van der Waals surface area contributed by atoms with E-state index in [0.29, 0.717) is 10.8 Å². The van der Waals surface area contributed by atoms with Gasteiger partial charge in [-0.25, -0.2) is 9.55 Å². The number of hydrogen-bond donors (Lipinski definition) is 2. The second kappa shape index (κ2) is 7.82. The zero-order valence-electron chi connectivity index (χ0n) is 15.2. The summed E-state index contributed by atoms with van der Waals surface area (Å²) in [7, 11) is 2.00. The largest absolute Gasteiger partial charge is 0.369 e. The minimum absolute atomic E-state index is 0.0404. The lowest BCUT2D eigenvalue weighted by Crippen LogP contribution is -2.29. The Labute approximate surface area is 167 Å². The number of rotatable bonds is 5. The summed E-state index contributed by atoms with van der Waals surface area (Å²) in [6, 6.07) is 13.8. The second-order valence-corrected chi connectivity index (χ2v) is 8.04. The van der Waals surface area contributed by atoms with Gasteiger partial charge in [-0.3, -0.25) is 4.79 Å². The van der Waals surface area contributed by atoms with Crippen molar-refractivity contribution in [2.24, 2.45) is 7.05 Å². The molecule has 3 aromatic rings. The van der Waals surface area contributed by atoms with Gasteiger partial charge < -0.3 is 10.2 Å². The van der Waals surface area contributed by atoms with Gasteiger partial charge in [0.25, 0.3) is 0 Å². The third-order valence-corrected chi connectivity index (χ3v) is 6.20. The van der Waals surface area contributed by atoms with E-state index in [0.717, 1.165) is 53.5 Å². The van der Waals surface area contributed by atoms with Gasteiger partial charge in [-0.1, -0.05) is 29.8 Å². The second-order valence-electron chi connectivity index (χ2n) is 6.67. The Balaban J connectivity index is 1.47. The van der Waals surface area contributed by atoms with Crippen molar-refractivity contribution in [2.75, 3.05) is 29.1 Å². The Morgan fingerprint density at radius 1 is 1.22 bits per heavy atom. The molecule has 2 aromatic carbocycles. The van der Waals surface area contributed by atoms with Crippen LogP contribution in [0.3, 0.4) is 0 Å². The normalized spacial score (nSPS) is 14.1. The molecule has 4 rings (SSSR count). The molecule has 0 atom stereocenters. The number of H-pyrrole nitrogens is 1. The number of carbonyl (C=O) groups is 1. The summed E-state index contributed by atoms with van der Waals surface area (Å²) >= 11 is 7.92. The number of aromatic amines is 1. The number of carbonyl (C=O) groups excluding carboxylic acids is 1. The van der Waals surface area contributed by atoms with Crippen molar-refractivity contribution in [2.45, 2.75) is 18.0 Å². The number of aromatic nitrogens is 2. The number of hydrogen-bond acceptors (Lipinski definition) is 3. The number of fused-ring (bicyclic) bond motifs is 1. The minimum Gasteiger partial charge on any atom is -0.369 e. The number of benzene rings is 2. The molecule has 140 valence electrons. The number of imidazole rings is 1. The van der Waals surface area contributed by atoms with Crippen molar-refractivity contribution in [3.05, 3.63) is 47.5 Å². The number of thioether (sulfide) groups is 1. The molecule has 0 unspecified atom stereocenters. The average molecular weight is 402 g/mol. The van der Waals surface area contributed by atoms with Gasteiger partial charge in [0.15, 0.2) is 11.0 Å². The first-order valence-corrected chi connectivity index (χ1v) is 10.4. The molecule has 0 radical (unpaired) electrons. The van der Waals surface area contributed by atoms with E-state index in [9.17, 15) is 4.79 Å². The minimum atomic E-state index is -0.0404. The lowest BCUT2D eigenvalue weighted by atomic mass is 10.2. The number of para-hydroxylation sites is 3. The van der Waals surface area contributed by atoms with Gasteiger partial charge in [0.2, 0.25) is 5.91 Å². The maximum Gasteiger partial charge on any atom is 0.317 e. The summed E-state index contributed by atoms with van der Waals surface area (Å²) in [5, 5.41) is 4.68. The van der Waals surface area contributed by atoms with Crippen LogP contribution in [-0.2, 0) is 11.8 Å². The van der Waals surface area contributed by atoms with Gasteiger partial charge in [0, 0.05) is 13.1 Å². The smallest absolute Gasteiger partial charge is 0.317 e. The van der Waals surface area contributed by atoms with Gasteiger partial charge in [0.05, 0.1) is 29.2 Å². The summed E-state index contributed by atoms with van der Waals surface area (Å²) in [6.45, 7) is 1.96. The number of nitrogens with one attached hydrogen (secondary N) is 2. The summed E-state index contributed by atoms with van der Waals surface area (Å²) in [4.78, 5) is 18.2. The molecule has 0 bridgehead atoms. The predicted molar refractivity (Wildman–Crippen MR) is 112 cm³/mol. The van der Waals surface area contributed by atoms with Crippen LogP contribution < -0.4 is 14.8 Å². The Morgan fingerprint density at radius 3 is 2.78 bits per heavy atom. The molecule has 2 heterocycles. The average Bonchev–Trinajstić information content (AvgIpc) is 3.29. The fourth-order valence-corrected chi connectivity index (χ4v) is 4.62. The Morgan fingerprint density at radius 2 is 2.00 bits per heavy atom. The molecule has 7 heteroatoms. The molecule has 1 saturated heterocycles. The van der Waals surface area contributed by atoms with Gasteiger partial charge in [-0.05, 0) is 48.9 Å². The number of aryl methyl sites for hydroxylation is 1. The number of amides is 1. The highest BCUT2D eigenvalue weighted by Crippen LogP contribution is 2.36. The van der Waals surface area contributed by atoms with Crippen LogP contribution in [0.2, 0.25) is 5.02 Å². The van der Waals surface area contributed by atoms with Gasteiger partial charge in [-0.2, -0.15) is 0 Å². The zero-order valence-corrected chi connectivity index (χ0v) is 16.7. The molecule has 0 saturated carbocycles. The van der Waals surface area contributed by atoms with Crippen molar-refractivity contribution in [3.63, 3.8) is 0 Å². The Kier molecular flexibility index (Phi) is 5.27. The van der Waals surface area contributed by atoms with E-state index in [1.807, 2.05) is 43.4 Å². The summed E-state index contributed by atoms with van der Waals surface area (Å²) in [6.07, 6.45) is 2.32. The topological polar surface area (TPSA) is 52.0 Å². The van der Waals surface area contributed by atoms with E-state index < -0.39 is 0 Å². The van der Waals surface area contributed by atoms with Crippen LogP contribution in [-0.4, -0.2) is 29.7 Å². The highest BCUT2D eigenvalue weighted by atomic mass is 35.5. The van der Waals surface area contributed by atoms with E-state index >= 15 is 0 Å². The highest BCUT2D eigenvalue weighted by Gasteiger charge is 2.21. The molecule has 1 aliphatic rings. The Hall–Kier alpha value is -2.18. The molecule has 0 spiro atoms. The predicted octanol–water partition coefficient (Wildman–Crippen LogP) is 3.98. The van der Waals surface area contributed by atoms with Gasteiger partial charge in [-0.15, -0.1) is 0 Å². The first kappa shape index (κ1) is 18.2. The van der Waals surface area contributed by atoms with E-state index in [2.05, 4.69) is 25.8 Å². The number of halogens is 1. The number of nitrogens with zero attached hydrogens (tertiary/aromatic N) is 2. The molecule has 1 amide bonds. The van der Waals surface area contributed by atoms with Crippen LogP contribution in [0.25, 0.3) is 11.0 Å². The fourth-order valence-electron chi connectivity index (χ4n) is 3.51. The van der Waals surface area contributed by atoms with Crippen molar-refractivity contribution >= 4 is 51.7 Å². The fraction of sp³-hybridized carbons (Fsp3) is 0.300. The van der Waals surface area contributed by atoms with Gasteiger partial charge in [0.1, 0.15) is 0 Å². The molecule has 5 nitrogen and oxygen atoms in total. The summed E-state index contributed by atoms with van der Waals surface area (Å²) < 4.78 is 2.07. The van der Waals surface area contributed by atoms with E-state index in [-0.39, 0.29) is 5.91 Å². The third kappa shape index (κ3) is 3.77. The van der Waals surface area contributed by atoms with Gasteiger partial charge >= 0.3 is 5.16 Å². The van der Waals surface area contributed by atoms with Crippen molar-refractivity contribution in [1.29, 1.82) is 0 Å². The molecular formula is C20H22ClN4OS+. The SMILES string of the molecule is C[n+]1c(SCC(=O)Nc2cccc(Cl)c2N2CCCC2)[nH]c2ccccc21. The maximum atomic E-state index is 12.6. The molecule has 2 N–H and O–H groups in total. The summed E-state index contributed by atoms with van der Waals surface area (Å²) in [5.41, 5.74) is 3.91. The summed E-state index contributed by atoms with van der Waals surface area (Å²) in [5.74, 6) is 0.286. The molecule has 1 aromatic heterocycles. The van der Waals surface area contributed by atoms with E-state index in [4.69, 9.17) is 11.6 Å². The Bertz CT molecular complexity index is 981. The standard InChI is InChI=1S/C20H21ClN4OS/c1-24-17-10-3-2-8-15(17)23-20(24)27-13-18(26)22-16-9-6-7-14(21)19(16)25-11-4-5-12-25/h2-3,6-10H,4-5,11-13H2,1H3,(H,22,26)/p+1. The van der Waals surface area contributed by atoms with Crippen molar-refractivity contribution in [3.8, 4) is 0 Å². The van der Waals surface area contributed by atoms with Crippen LogP contribution in [0, 0.1) is 0 Å². The van der Waals surface area contributed by atoms with Crippen LogP contribution in [0.5, 0.6) is 0 Å². The van der Waals surface area contributed by atoms with Crippen molar-refractivity contribution < 1.29 is 9.36 Å². The first-order chi connectivity index (χ1) is 13.1. The molecule has 1 aliphatic heterocycles. The van der Waals surface area contributed by atoms with E-state index in [1.54, 1.807) is 0 Å². The number of anilines is 2. The lowest BCUT2D eigenvalue weighted by Gasteiger charge is -2.22. The lowest BCUT2D eigenvalue weighted by molar-refractivity contribution is -0.683. The van der Waals surface area contributed by atoms with Crippen LogP contribution in [0.15, 0.2) is 47.6 Å². The highest BCUT2D eigenvalue weighted by molar-refractivity contribution is 7.99. The van der Waals surface area contributed by atoms with Crippen molar-refractivity contribution in [1.82, 2.24) is 4.98 Å².